The molecule has 1 N–H and O–H groups in total. The number of anilines is 1. The molecule has 0 unspecified atom stereocenters. The van der Waals surface area contributed by atoms with Gasteiger partial charge in [-0.15, -0.1) is 0 Å². The molecule has 1 saturated carbocycles. The molecule has 30 heavy (non-hydrogen) atoms. The lowest BCUT2D eigenvalue weighted by Crippen LogP contribution is -2.48. The maximum atomic E-state index is 12.7. The van der Waals surface area contributed by atoms with Crippen molar-refractivity contribution in [3.8, 4) is 0 Å². The van der Waals surface area contributed by atoms with Gasteiger partial charge in [-0.3, -0.25) is 19.9 Å². The van der Waals surface area contributed by atoms with E-state index in [0.717, 1.165) is 12.8 Å². The molecule has 2 aliphatic rings. The van der Waals surface area contributed by atoms with Crippen molar-refractivity contribution in [3.05, 3.63) is 58.4 Å². The highest BCUT2D eigenvalue weighted by Crippen LogP contribution is 2.31. The lowest BCUT2D eigenvalue weighted by atomic mass is 10.1. The molecule has 2 aromatic rings. The second-order valence-electron chi connectivity index (χ2n) is 7.29. The summed E-state index contributed by atoms with van der Waals surface area (Å²) in [4.78, 5) is 29.1. The van der Waals surface area contributed by atoms with Gasteiger partial charge in [-0.05, 0) is 37.1 Å². The second-order valence-corrected chi connectivity index (χ2v) is 9.23. The molecular formula is C19H21N5O5S. The number of nitro benzene ring substituents is 1. The summed E-state index contributed by atoms with van der Waals surface area (Å²) in [6.45, 7) is 0.985. The molecule has 4 rings (SSSR count). The van der Waals surface area contributed by atoms with Gasteiger partial charge in [0.05, 0.1) is 4.92 Å². The van der Waals surface area contributed by atoms with Gasteiger partial charge in [0.15, 0.2) is 0 Å². The van der Waals surface area contributed by atoms with Crippen LogP contribution in [0.25, 0.3) is 0 Å². The highest BCUT2D eigenvalue weighted by Gasteiger charge is 2.31. The summed E-state index contributed by atoms with van der Waals surface area (Å²) >= 11 is 0. The van der Waals surface area contributed by atoms with E-state index in [4.69, 9.17) is 0 Å². The fourth-order valence-electron chi connectivity index (χ4n) is 3.39. The number of aromatic nitrogens is 1. The lowest BCUT2D eigenvalue weighted by Gasteiger charge is -2.35. The third-order valence-electron chi connectivity index (χ3n) is 5.20. The van der Waals surface area contributed by atoms with Crippen LogP contribution in [0.1, 0.15) is 23.2 Å². The maximum Gasteiger partial charge on any atom is 0.293 e. The Bertz CT molecular complexity index is 1060. The van der Waals surface area contributed by atoms with E-state index in [2.05, 4.69) is 10.3 Å². The Hall–Kier alpha value is -3.05. The number of pyridine rings is 1. The molecule has 1 amide bonds. The third-order valence-corrected chi connectivity index (χ3v) is 7.08. The first-order valence-electron chi connectivity index (χ1n) is 9.61. The molecule has 1 aromatic heterocycles. The van der Waals surface area contributed by atoms with E-state index in [-0.39, 0.29) is 41.2 Å². The number of sulfonamides is 1. The molecule has 0 spiro atoms. The first kappa shape index (κ1) is 20.2. The number of hydrogen-bond donors (Lipinski definition) is 1. The van der Waals surface area contributed by atoms with Gasteiger partial charge >= 0.3 is 0 Å². The van der Waals surface area contributed by atoms with Crippen molar-refractivity contribution in [1.82, 2.24) is 14.6 Å². The number of carbonyl (C=O) groups excluding carboxylic acids is 1. The largest absolute Gasteiger partial charge is 0.363 e. The number of hydrogen-bond acceptors (Lipinski definition) is 7. The van der Waals surface area contributed by atoms with E-state index in [1.54, 1.807) is 23.1 Å². The van der Waals surface area contributed by atoms with Crippen molar-refractivity contribution in [2.24, 2.45) is 0 Å². The van der Waals surface area contributed by atoms with E-state index >= 15 is 0 Å². The molecule has 0 radical (unpaired) electrons. The summed E-state index contributed by atoms with van der Waals surface area (Å²) in [7, 11) is -3.66. The smallest absolute Gasteiger partial charge is 0.293 e. The van der Waals surface area contributed by atoms with Gasteiger partial charge < -0.3 is 10.2 Å². The maximum absolute atomic E-state index is 12.7. The van der Waals surface area contributed by atoms with Gasteiger partial charge in [0, 0.05) is 56.2 Å². The molecule has 0 atom stereocenters. The molecule has 1 saturated heterocycles. The van der Waals surface area contributed by atoms with E-state index in [1.165, 1.54) is 28.8 Å². The number of benzene rings is 1. The van der Waals surface area contributed by atoms with Crippen molar-refractivity contribution in [3.63, 3.8) is 0 Å². The van der Waals surface area contributed by atoms with Crippen LogP contribution < -0.4 is 10.2 Å². The molecule has 2 heterocycles. The van der Waals surface area contributed by atoms with Crippen LogP contribution >= 0.6 is 0 Å². The van der Waals surface area contributed by atoms with Crippen LogP contribution in [0.5, 0.6) is 0 Å². The Morgan fingerprint density at radius 2 is 1.90 bits per heavy atom. The summed E-state index contributed by atoms with van der Waals surface area (Å²) in [6.07, 6.45) is 4.67. The van der Waals surface area contributed by atoms with Crippen molar-refractivity contribution >= 4 is 27.3 Å². The van der Waals surface area contributed by atoms with Crippen molar-refractivity contribution in [1.29, 1.82) is 0 Å². The van der Waals surface area contributed by atoms with Gasteiger partial charge in [0.1, 0.15) is 10.6 Å². The van der Waals surface area contributed by atoms with Crippen LogP contribution in [0.4, 0.5) is 11.4 Å². The predicted octanol–water partition coefficient (Wildman–Crippen LogP) is 1.39. The monoisotopic (exact) mass is 431 g/mol. The Kier molecular flexibility index (Phi) is 5.39. The van der Waals surface area contributed by atoms with Crippen LogP contribution in [0.2, 0.25) is 0 Å². The minimum absolute atomic E-state index is 0.121. The number of rotatable bonds is 6. The lowest BCUT2D eigenvalue weighted by molar-refractivity contribution is -0.384. The molecule has 1 aliphatic heterocycles. The second kappa shape index (κ2) is 8.00. The standard InChI is InChI=1S/C19H21N5O5S/c25-19(21-15-4-5-15)14-3-6-17(18(12-14)24(26)27)22-8-10-23(11-9-22)30(28,29)16-2-1-7-20-13-16/h1-3,6-7,12-13,15H,4-5,8-11H2,(H,21,25). The van der Waals surface area contributed by atoms with Crippen LogP contribution in [0.15, 0.2) is 47.6 Å². The van der Waals surface area contributed by atoms with Crippen molar-refractivity contribution in [2.45, 2.75) is 23.8 Å². The van der Waals surface area contributed by atoms with Crippen LogP contribution in [-0.4, -0.2) is 60.8 Å². The van der Waals surface area contributed by atoms with Gasteiger partial charge in [-0.2, -0.15) is 4.31 Å². The highest BCUT2D eigenvalue weighted by molar-refractivity contribution is 7.89. The molecule has 0 bridgehead atoms. The average Bonchev–Trinajstić information content (AvgIpc) is 3.58. The summed E-state index contributed by atoms with van der Waals surface area (Å²) in [5.41, 5.74) is 0.457. The van der Waals surface area contributed by atoms with Crippen LogP contribution in [-0.2, 0) is 10.0 Å². The number of amides is 1. The molecule has 11 heteroatoms. The van der Waals surface area contributed by atoms with Gasteiger partial charge in [-0.25, -0.2) is 8.42 Å². The normalized spacial score (nSPS) is 17.5. The zero-order valence-electron chi connectivity index (χ0n) is 16.1. The SMILES string of the molecule is O=C(NC1CC1)c1ccc(N2CCN(S(=O)(=O)c3cccnc3)CC2)c([N+](=O)[O-])c1. The van der Waals surface area contributed by atoms with E-state index in [0.29, 0.717) is 18.8 Å². The van der Waals surface area contributed by atoms with E-state index in [1.807, 2.05) is 0 Å². The van der Waals surface area contributed by atoms with Gasteiger partial charge in [0.2, 0.25) is 10.0 Å². The van der Waals surface area contributed by atoms with Crippen LogP contribution in [0, 0.1) is 10.1 Å². The summed E-state index contributed by atoms with van der Waals surface area (Å²) in [5.74, 6) is -0.320. The Morgan fingerprint density at radius 3 is 2.50 bits per heavy atom. The summed E-state index contributed by atoms with van der Waals surface area (Å²) < 4.78 is 26.8. The molecular weight excluding hydrogens is 410 g/mol. The fraction of sp³-hybridized carbons (Fsp3) is 0.368. The molecule has 158 valence electrons. The zero-order chi connectivity index (χ0) is 21.3. The Balaban J connectivity index is 1.50. The third kappa shape index (κ3) is 4.12. The molecule has 2 fully saturated rings. The summed E-state index contributed by atoms with van der Waals surface area (Å²) in [6, 6.07) is 7.62. The topological polar surface area (TPSA) is 126 Å². The van der Waals surface area contributed by atoms with Crippen LogP contribution in [0.3, 0.4) is 0 Å². The average molecular weight is 431 g/mol. The fourth-order valence-corrected chi connectivity index (χ4v) is 4.78. The number of piperazine rings is 1. The zero-order valence-corrected chi connectivity index (χ0v) is 16.9. The number of nitrogens with one attached hydrogen (secondary N) is 1. The van der Waals surface area contributed by atoms with Gasteiger partial charge in [-0.1, -0.05) is 0 Å². The molecule has 1 aliphatic carbocycles. The van der Waals surface area contributed by atoms with E-state index < -0.39 is 14.9 Å². The van der Waals surface area contributed by atoms with E-state index in [9.17, 15) is 23.3 Å². The van der Waals surface area contributed by atoms with Crippen molar-refractivity contribution in [2.75, 3.05) is 31.1 Å². The predicted molar refractivity (Wildman–Crippen MR) is 109 cm³/mol. The first-order valence-corrected chi connectivity index (χ1v) is 11.0. The quantitative estimate of drug-likeness (QED) is 0.541. The number of nitro groups is 1. The summed E-state index contributed by atoms with van der Waals surface area (Å²) in [5, 5.41) is 14.4. The Labute approximate surface area is 173 Å². The minimum Gasteiger partial charge on any atom is -0.363 e. The van der Waals surface area contributed by atoms with Gasteiger partial charge in [0.25, 0.3) is 11.6 Å². The minimum atomic E-state index is -3.66. The molecule has 10 nitrogen and oxygen atoms in total. The first-order chi connectivity index (χ1) is 14.4. The Morgan fingerprint density at radius 1 is 1.17 bits per heavy atom. The van der Waals surface area contributed by atoms with Crippen molar-refractivity contribution < 1.29 is 18.1 Å². The highest BCUT2D eigenvalue weighted by atomic mass is 32.2. The number of nitrogens with zero attached hydrogens (tertiary/aromatic N) is 4. The molecule has 1 aromatic carbocycles. The number of carbonyl (C=O) groups is 1.